The maximum Gasteiger partial charge on any atom is 0.205 e. The van der Waals surface area contributed by atoms with Crippen LogP contribution < -0.4 is 4.90 Å². The average Bonchev–Trinajstić information content (AvgIpc) is 2.92. The molecule has 3 heterocycles. The van der Waals surface area contributed by atoms with Crippen LogP contribution in [0.1, 0.15) is 54.2 Å². The Morgan fingerprint density at radius 3 is 3.00 bits per heavy atom. The molecule has 4 rings (SSSR count). The van der Waals surface area contributed by atoms with Crippen LogP contribution in [0, 0.1) is 0 Å². The second-order valence-corrected chi connectivity index (χ2v) is 6.96. The first kappa shape index (κ1) is 13.9. The first-order valence-electron chi connectivity index (χ1n) is 7.83. The monoisotopic (exact) mass is 317 g/mol. The summed E-state index contributed by atoms with van der Waals surface area (Å²) < 4.78 is 6.16. The number of hydrogen-bond donors (Lipinski definition) is 0. The molecule has 116 valence electrons. The van der Waals surface area contributed by atoms with Gasteiger partial charge in [-0.3, -0.25) is 9.48 Å². The first-order valence-corrected chi connectivity index (χ1v) is 8.60. The third kappa shape index (κ3) is 2.65. The molecular formula is C15H19N5OS. The van der Waals surface area contributed by atoms with E-state index in [1.54, 1.807) is 17.1 Å². The SMILES string of the molecule is Cn1cc(C(=O)C[C@H]2CCCN2c2nc(C3CC3)ns2)cn1. The quantitative estimate of drug-likeness (QED) is 0.792. The smallest absolute Gasteiger partial charge is 0.205 e. The van der Waals surface area contributed by atoms with E-state index in [0.29, 0.717) is 17.9 Å². The fraction of sp³-hybridized carbons (Fsp3) is 0.600. The molecule has 1 saturated carbocycles. The Hall–Kier alpha value is -1.76. The van der Waals surface area contributed by atoms with Crippen LogP contribution in [0.2, 0.25) is 0 Å². The van der Waals surface area contributed by atoms with Crippen molar-refractivity contribution in [1.82, 2.24) is 19.1 Å². The number of ketones is 1. The molecule has 6 nitrogen and oxygen atoms in total. The number of anilines is 1. The van der Waals surface area contributed by atoms with Crippen molar-refractivity contribution >= 4 is 22.4 Å². The molecule has 0 radical (unpaired) electrons. The lowest BCUT2D eigenvalue weighted by Crippen LogP contribution is -2.31. The lowest BCUT2D eigenvalue weighted by atomic mass is 10.0. The van der Waals surface area contributed by atoms with Crippen LogP contribution in [0.4, 0.5) is 5.13 Å². The maximum atomic E-state index is 12.4. The van der Waals surface area contributed by atoms with Crippen molar-refractivity contribution in [3.63, 3.8) is 0 Å². The first-order chi connectivity index (χ1) is 10.7. The van der Waals surface area contributed by atoms with Crippen molar-refractivity contribution in [3.8, 4) is 0 Å². The lowest BCUT2D eigenvalue weighted by molar-refractivity contribution is 0.0974. The molecule has 0 N–H and O–H groups in total. The highest BCUT2D eigenvalue weighted by Gasteiger charge is 2.32. The topological polar surface area (TPSA) is 63.9 Å². The summed E-state index contributed by atoms with van der Waals surface area (Å²) in [5.74, 6) is 1.75. The number of nitrogens with zero attached hydrogens (tertiary/aromatic N) is 5. The highest BCUT2D eigenvalue weighted by atomic mass is 32.1. The summed E-state index contributed by atoms with van der Waals surface area (Å²) in [6.45, 7) is 0.976. The van der Waals surface area contributed by atoms with Crippen LogP contribution in [-0.4, -0.2) is 37.5 Å². The summed E-state index contributed by atoms with van der Waals surface area (Å²) in [4.78, 5) is 19.4. The van der Waals surface area contributed by atoms with Crippen LogP contribution in [0.5, 0.6) is 0 Å². The molecule has 2 aromatic rings. The number of aryl methyl sites for hydroxylation is 1. The van der Waals surface area contributed by atoms with E-state index >= 15 is 0 Å². The van der Waals surface area contributed by atoms with Gasteiger partial charge in [0.2, 0.25) is 5.13 Å². The van der Waals surface area contributed by atoms with Gasteiger partial charge in [-0.15, -0.1) is 0 Å². The van der Waals surface area contributed by atoms with Crippen molar-refractivity contribution in [3.05, 3.63) is 23.8 Å². The summed E-state index contributed by atoms with van der Waals surface area (Å²) in [5.41, 5.74) is 0.699. The predicted octanol–water partition coefficient (Wildman–Crippen LogP) is 2.39. The Balaban J connectivity index is 1.47. The molecular weight excluding hydrogens is 298 g/mol. The van der Waals surface area contributed by atoms with Gasteiger partial charge in [-0.25, -0.2) is 4.98 Å². The van der Waals surface area contributed by atoms with Gasteiger partial charge in [-0.1, -0.05) is 0 Å². The summed E-state index contributed by atoms with van der Waals surface area (Å²) in [6, 6.07) is 0.243. The van der Waals surface area contributed by atoms with Crippen LogP contribution in [0.3, 0.4) is 0 Å². The summed E-state index contributed by atoms with van der Waals surface area (Å²) >= 11 is 1.48. The maximum absolute atomic E-state index is 12.4. The number of Topliss-reactive ketones (excluding diaryl/α,β-unsaturated/α-hetero) is 1. The molecule has 0 bridgehead atoms. The van der Waals surface area contributed by atoms with E-state index in [4.69, 9.17) is 4.98 Å². The van der Waals surface area contributed by atoms with E-state index in [0.717, 1.165) is 30.3 Å². The number of carbonyl (C=O) groups excluding carboxylic acids is 1. The Labute approximate surface area is 133 Å². The van der Waals surface area contributed by atoms with Gasteiger partial charge in [0.05, 0.1) is 11.8 Å². The molecule has 2 fully saturated rings. The van der Waals surface area contributed by atoms with Crippen LogP contribution >= 0.6 is 11.5 Å². The minimum Gasteiger partial charge on any atom is -0.343 e. The molecule has 0 amide bonds. The Bertz CT molecular complexity index is 690. The minimum atomic E-state index is 0.164. The normalized spacial score (nSPS) is 21.5. The van der Waals surface area contributed by atoms with Gasteiger partial charge in [-0.05, 0) is 25.7 Å². The predicted molar refractivity (Wildman–Crippen MR) is 84.4 cm³/mol. The summed E-state index contributed by atoms with van der Waals surface area (Å²) in [6.07, 6.45) is 8.57. The van der Waals surface area contributed by atoms with Crippen molar-refractivity contribution in [2.24, 2.45) is 7.05 Å². The fourth-order valence-corrected chi connectivity index (χ4v) is 3.89. The van der Waals surface area contributed by atoms with Crippen molar-refractivity contribution in [2.75, 3.05) is 11.4 Å². The number of hydrogen-bond acceptors (Lipinski definition) is 6. The van der Waals surface area contributed by atoms with Crippen molar-refractivity contribution in [2.45, 2.75) is 44.1 Å². The van der Waals surface area contributed by atoms with Crippen LogP contribution in [-0.2, 0) is 7.05 Å². The molecule has 0 spiro atoms. The molecule has 1 saturated heterocycles. The Morgan fingerprint density at radius 2 is 2.27 bits per heavy atom. The number of carbonyl (C=O) groups is 1. The zero-order valence-electron chi connectivity index (χ0n) is 12.6. The molecule has 0 unspecified atom stereocenters. The van der Waals surface area contributed by atoms with Gasteiger partial charge in [0.15, 0.2) is 5.78 Å². The highest BCUT2D eigenvalue weighted by molar-refractivity contribution is 7.09. The van der Waals surface area contributed by atoms with Gasteiger partial charge < -0.3 is 4.90 Å². The zero-order chi connectivity index (χ0) is 15.1. The second-order valence-electron chi connectivity index (χ2n) is 6.23. The van der Waals surface area contributed by atoms with Crippen LogP contribution in [0.25, 0.3) is 0 Å². The number of rotatable bonds is 5. The second kappa shape index (κ2) is 5.46. The molecule has 1 aliphatic heterocycles. The molecule has 7 heteroatoms. The fourth-order valence-electron chi connectivity index (χ4n) is 3.05. The van der Waals surface area contributed by atoms with Crippen molar-refractivity contribution < 1.29 is 4.79 Å². The van der Waals surface area contributed by atoms with E-state index in [2.05, 4.69) is 14.4 Å². The Kier molecular flexibility index (Phi) is 3.44. The molecule has 2 aromatic heterocycles. The third-order valence-electron chi connectivity index (χ3n) is 4.44. The largest absolute Gasteiger partial charge is 0.343 e. The minimum absolute atomic E-state index is 0.164. The molecule has 22 heavy (non-hydrogen) atoms. The molecule has 2 aliphatic rings. The van der Waals surface area contributed by atoms with E-state index < -0.39 is 0 Å². The third-order valence-corrected chi connectivity index (χ3v) is 5.21. The van der Waals surface area contributed by atoms with E-state index in [-0.39, 0.29) is 11.8 Å². The number of aromatic nitrogens is 4. The van der Waals surface area contributed by atoms with E-state index in [1.165, 1.54) is 24.4 Å². The van der Waals surface area contributed by atoms with Gasteiger partial charge >= 0.3 is 0 Å². The van der Waals surface area contributed by atoms with Gasteiger partial charge in [0.1, 0.15) is 5.82 Å². The van der Waals surface area contributed by atoms with Gasteiger partial charge in [0, 0.05) is 49.7 Å². The van der Waals surface area contributed by atoms with Crippen molar-refractivity contribution in [1.29, 1.82) is 0 Å². The average molecular weight is 317 g/mol. The standard InChI is InChI=1S/C15H19N5OS/c1-19-9-11(8-16-19)13(21)7-12-3-2-6-20(12)15-17-14(18-22-15)10-4-5-10/h8-10,12H,2-7H2,1H3/t12-/m1/s1. The zero-order valence-corrected chi connectivity index (χ0v) is 13.4. The molecule has 1 atom stereocenters. The van der Waals surface area contributed by atoms with E-state index in [9.17, 15) is 4.79 Å². The highest BCUT2D eigenvalue weighted by Crippen LogP contribution is 2.40. The lowest BCUT2D eigenvalue weighted by Gasteiger charge is -2.22. The van der Waals surface area contributed by atoms with Gasteiger partial charge in [0.25, 0.3) is 0 Å². The van der Waals surface area contributed by atoms with E-state index in [1.807, 2.05) is 7.05 Å². The summed E-state index contributed by atoms with van der Waals surface area (Å²) in [7, 11) is 1.83. The Morgan fingerprint density at radius 1 is 1.41 bits per heavy atom. The van der Waals surface area contributed by atoms with Gasteiger partial charge in [-0.2, -0.15) is 9.47 Å². The summed E-state index contributed by atoms with van der Waals surface area (Å²) in [5, 5.41) is 5.07. The molecule has 0 aromatic carbocycles. The molecule has 1 aliphatic carbocycles. The van der Waals surface area contributed by atoms with Crippen LogP contribution in [0.15, 0.2) is 12.4 Å².